The number of nitrogens with one attached hydrogen (secondary N) is 1. The number of benzene rings is 2. The summed E-state index contributed by atoms with van der Waals surface area (Å²) in [7, 11) is 0. The molecular formula is C21H27NO3. The van der Waals surface area contributed by atoms with Crippen LogP contribution in [0.5, 0.6) is 11.5 Å². The van der Waals surface area contributed by atoms with Crippen molar-refractivity contribution in [1.82, 2.24) is 5.32 Å². The molecule has 0 bridgehead atoms. The van der Waals surface area contributed by atoms with Gasteiger partial charge in [0.1, 0.15) is 0 Å². The first-order chi connectivity index (χ1) is 12.2. The molecule has 25 heavy (non-hydrogen) atoms. The van der Waals surface area contributed by atoms with Crippen molar-refractivity contribution >= 4 is 5.91 Å². The van der Waals surface area contributed by atoms with Crippen LogP contribution in [0.25, 0.3) is 0 Å². The van der Waals surface area contributed by atoms with E-state index in [0.29, 0.717) is 36.8 Å². The Morgan fingerprint density at radius 2 is 1.64 bits per heavy atom. The number of rotatable bonds is 9. The molecule has 0 aliphatic rings. The van der Waals surface area contributed by atoms with Crippen molar-refractivity contribution in [3.63, 3.8) is 0 Å². The predicted octanol–water partition coefficient (Wildman–Crippen LogP) is 4.50. The molecule has 0 aromatic heterocycles. The van der Waals surface area contributed by atoms with Gasteiger partial charge in [-0.2, -0.15) is 0 Å². The number of ether oxygens (including phenoxy) is 2. The highest BCUT2D eigenvalue weighted by Crippen LogP contribution is 2.29. The van der Waals surface area contributed by atoms with E-state index in [1.54, 1.807) is 12.1 Å². The van der Waals surface area contributed by atoms with Crippen LogP contribution in [0.3, 0.4) is 0 Å². The average molecular weight is 341 g/mol. The summed E-state index contributed by atoms with van der Waals surface area (Å²) in [5, 5.41) is 2.97. The Morgan fingerprint density at radius 3 is 2.32 bits per heavy atom. The maximum Gasteiger partial charge on any atom is 0.251 e. The highest BCUT2D eigenvalue weighted by Gasteiger charge is 2.12. The Morgan fingerprint density at radius 1 is 0.960 bits per heavy atom. The molecule has 0 spiro atoms. The summed E-state index contributed by atoms with van der Waals surface area (Å²) in [5.41, 5.74) is 2.85. The van der Waals surface area contributed by atoms with E-state index in [4.69, 9.17) is 9.47 Å². The Labute approximate surface area is 150 Å². The van der Waals surface area contributed by atoms with Crippen LogP contribution in [0.2, 0.25) is 0 Å². The second-order valence-electron chi connectivity index (χ2n) is 5.97. The van der Waals surface area contributed by atoms with Crippen LogP contribution in [0.4, 0.5) is 0 Å². The van der Waals surface area contributed by atoms with Crippen LogP contribution in [0.1, 0.15) is 48.2 Å². The zero-order valence-corrected chi connectivity index (χ0v) is 15.3. The van der Waals surface area contributed by atoms with E-state index < -0.39 is 0 Å². The fourth-order valence-electron chi connectivity index (χ4n) is 2.39. The van der Waals surface area contributed by atoms with Gasteiger partial charge in [0.05, 0.1) is 13.2 Å². The Balaban J connectivity index is 2.08. The molecule has 2 aromatic carbocycles. The number of aryl methyl sites for hydroxylation is 1. The van der Waals surface area contributed by atoms with Crippen molar-refractivity contribution < 1.29 is 14.3 Å². The fourth-order valence-corrected chi connectivity index (χ4v) is 2.39. The molecule has 0 unspecified atom stereocenters. The summed E-state index contributed by atoms with van der Waals surface area (Å²) in [5.74, 6) is 1.19. The van der Waals surface area contributed by atoms with Gasteiger partial charge in [-0.3, -0.25) is 4.79 Å². The molecular weight excluding hydrogens is 314 g/mol. The average Bonchev–Trinajstić information content (AvgIpc) is 2.64. The molecule has 2 rings (SSSR count). The summed E-state index contributed by atoms with van der Waals surface area (Å²) >= 11 is 0. The summed E-state index contributed by atoms with van der Waals surface area (Å²) in [6.45, 7) is 7.87. The molecule has 2 aromatic rings. The van der Waals surface area contributed by atoms with E-state index in [2.05, 4.69) is 12.2 Å². The molecule has 0 radical (unpaired) electrons. The number of hydrogen-bond donors (Lipinski definition) is 1. The maximum atomic E-state index is 12.5. The minimum atomic E-state index is -0.119. The zero-order chi connectivity index (χ0) is 18.1. The number of carbonyl (C=O) groups excluding carboxylic acids is 1. The van der Waals surface area contributed by atoms with Gasteiger partial charge in [-0.05, 0) is 49.1 Å². The van der Waals surface area contributed by atoms with Gasteiger partial charge in [0.25, 0.3) is 5.91 Å². The first-order valence-corrected chi connectivity index (χ1v) is 8.88. The standard InChI is InChI=1S/C21H27NO3/c1-4-12-24-19-11-10-17(14-20(19)25-13-5-2)21(23)22-15-18-9-7-6-8-16(18)3/h6-11,14H,4-5,12-13,15H2,1-3H3,(H,22,23). The lowest BCUT2D eigenvalue weighted by molar-refractivity contribution is 0.0950. The highest BCUT2D eigenvalue weighted by molar-refractivity contribution is 5.94. The molecule has 4 heteroatoms. The molecule has 0 atom stereocenters. The van der Waals surface area contributed by atoms with E-state index >= 15 is 0 Å². The van der Waals surface area contributed by atoms with Crippen LogP contribution in [-0.2, 0) is 6.54 Å². The third-order valence-corrected chi connectivity index (χ3v) is 3.83. The maximum absolute atomic E-state index is 12.5. The van der Waals surface area contributed by atoms with Crippen molar-refractivity contribution in [3.05, 3.63) is 59.2 Å². The molecule has 0 fully saturated rings. The van der Waals surface area contributed by atoms with E-state index in [0.717, 1.165) is 24.0 Å². The Kier molecular flexibility index (Phi) is 7.33. The fraction of sp³-hybridized carbons (Fsp3) is 0.381. The topological polar surface area (TPSA) is 47.6 Å². The lowest BCUT2D eigenvalue weighted by atomic mass is 10.1. The molecule has 1 amide bonds. The van der Waals surface area contributed by atoms with Crippen molar-refractivity contribution in [3.8, 4) is 11.5 Å². The zero-order valence-electron chi connectivity index (χ0n) is 15.3. The van der Waals surface area contributed by atoms with Gasteiger partial charge in [0.15, 0.2) is 11.5 Å². The minimum absolute atomic E-state index is 0.119. The summed E-state index contributed by atoms with van der Waals surface area (Å²) in [4.78, 5) is 12.5. The van der Waals surface area contributed by atoms with Gasteiger partial charge in [-0.25, -0.2) is 0 Å². The summed E-state index contributed by atoms with van der Waals surface area (Å²) in [6.07, 6.45) is 1.82. The molecule has 4 nitrogen and oxygen atoms in total. The Hall–Kier alpha value is -2.49. The molecule has 0 heterocycles. The van der Waals surface area contributed by atoms with Gasteiger partial charge >= 0.3 is 0 Å². The second-order valence-corrected chi connectivity index (χ2v) is 5.97. The van der Waals surface area contributed by atoms with Gasteiger partial charge in [-0.1, -0.05) is 38.1 Å². The number of carbonyl (C=O) groups is 1. The Bertz CT molecular complexity index is 697. The van der Waals surface area contributed by atoms with Gasteiger partial charge in [-0.15, -0.1) is 0 Å². The largest absolute Gasteiger partial charge is 0.490 e. The third-order valence-electron chi connectivity index (χ3n) is 3.83. The smallest absolute Gasteiger partial charge is 0.251 e. The van der Waals surface area contributed by atoms with Crippen LogP contribution < -0.4 is 14.8 Å². The van der Waals surface area contributed by atoms with Crippen molar-refractivity contribution in [1.29, 1.82) is 0 Å². The molecule has 0 aliphatic carbocycles. The van der Waals surface area contributed by atoms with Crippen LogP contribution in [0.15, 0.2) is 42.5 Å². The SMILES string of the molecule is CCCOc1ccc(C(=O)NCc2ccccc2C)cc1OCCC. The third kappa shape index (κ3) is 5.52. The van der Waals surface area contributed by atoms with E-state index in [1.807, 2.05) is 44.2 Å². The summed E-state index contributed by atoms with van der Waals surface area (Å²) in [6, 6.07) is 13.4. The van der Waals surface area contributed by atoms with E-state index in [1.165, 1.54) is 0 Å². The quantitative estimate of drug-likeness (QED) is 0.730. The van der Waals surface area contributed by atoms with Crippen molar-refractivity contribution in [2.75, 3.05) is 13.2 Å². The van der Waals surface area contributed by atoms with E-state index in [9.17, 15) is 4.79 Å². The van der Waals surface area contributed by atoms with Crippen molar-refractivity contribution in [2.45, 2.75) is 40.2 Å². The molecule has 0 saturated carbocycles. The van der Waals surface area contributed by atoms with Crippen molar-refractivity contribution in [2.24, 2.45) is 0 Å². The number of hydrogen-bond acceptors (Lipinski definition) is 3. The molecule has 134 valence electrons. The van der Waals surface area contributed by atoms with Gasteiger partial charge in [0, 0.05) is 12.1 Å². The number of amides is 1. The van der Waals surface area contributed by atoms with Gasteiger partial charge < -0.3 is 14.8 Å². The lowest BCUT2D eigenvalue weighted by Gasteiger charge is -2.14. The van der Waals surface area contributed by atoms with Crippen LogP contribution in [-0.4, -0.2) is 19.1 Å². The lowest BCUT2D eigenvalue weighted by Crippen LogP contribution is -2.23. The van der Waals surface area contributed by atoms with Crippen LogP contribution >= 0.6 is 0 Å². The first-order valence-electron chi connectivity index (χ1n) is 8.88. The minimum Gasteiger partial charge on any atom is -0.490 e. The summed E-state index contributed by atoms with van der Waals surface area (Å²) < 4.78 is 11.5. The van der Waals surface area contributed by atoms with Gasteiger partial charge in [0.2, 0.25) is 0 Å². The monoisotopic (exact) mass is 341 g/mol. The molecule has 1 N–H and O–H groups in total. The van der Waals surface area contributed by atoms with E-state index in [-0.39, 0.29) is 5.91 Å². The highest BCUT2D eigenvalue weighted by atomic mass is 16.5. The predicted molar refractivity (Wildman–Crippen MR) is 100 cm³/mol. The molecule has 0 aliphatic heterocycles. The molecule has 0 saturated heterocycles. The first kappa shape index (κ1) is 18.8. The normalized spacial score (nSPS) is 10.4. The second kappa shape index (κ2) is 9.72. The van der Waals surface area contributed by atoms with Crippen LogP contribution in [0, 0.1) is 6.92 Å².